The van der Waals surface area contributed by atoms with E-state index in [0.717, 1.165) is 18.0 Å². The summed E-state index contributed by atoms with van der Waals surface area (Å²) in [5, 5.41) is 3.75. The Morgan fingerprint density at radius 1 is 1.15 bits per heavy atom. The molecule has 4 heteroatoms. The maximum absolute atomic E-state index is 5.70. The Hall–Kier alpha value is -0.870. The predicted molar refractivity (Wildman–Crippen MR) is 82.9 cm³/mol. The summed E-state index contributed by atoms with van der Waals surface area (Å²) in [5.41, 5.74) is 1.62. The molecule has 3 rings (SSSR count). The number of benzene rings is 1. The third-order valence-corrected chi connectivity index (χ3v) is 5.18. The molecule has 0 bridgehead atoms. The van der Waals surface area contributed by atoms with Gasteiger partial charge in [0.05, 0.1) is 0 Å². The highest BCUT2D eigenvalue weighted by Gasteiger charge is 2.28. The first kappa shape index (κ1) is 14.1. The van der Waals surface area contributed by atoms with Gasteiger partial charge in [0.2, 0.25) is 0 Å². The van der Waals surface area contributed by atoms with Crippen LogP contribution in [-0.4, -0.2) is 25.0 Å². The van der Waals surface area contributed by atoms with E-state index in [-0.39, 0.29) is 0 Å². The molecule has 0 radical (unpaired) electrons. The van der Waals surface area contributed by atoms with E-state index < -0.39 is 0 Å². The Morgan fingerprint density at radius 2 is 1.80 bits per heavy atom. The van der Waals surface area contributed by atoms with Crippen LogP contribution in [0.5, 0.6) is 11.5 Å². The predicted octanol–water partition coefficient (Wildman–Crippen LogP) is 3.60. The first-order valence-corrected chi connectivity index (χ1v) is 8.64. The average Bonchev–Trinajstić information content (AvgIpc) is 2.91. The topological polar surface area (TPSA) is 30.5 Å². The molecular formula is C16H23NO2S. The van der Waals surface area contributed by atoms with E-state index in [1.807, 2.05) is 0 Å². The normalized spacial score (nSPS) is 20.1. The van der Waals surface area contributed by atoms with E-state index >= 15 is 0 Å². The Balaban J connectivity index is 1.77. The van der Waals surface area contributed by atoms with Crippen molar-refractivity contribution in [2.75, 3.05) is 19.5 Å². The zero-order chi connectivity index (χ0) is 14.0. The summed E-state index contributed by atoms with van der Waals surface area (Å²) in [5.74, 6) is 1.78. The van der Waals surface area contributed by atoms with Crippen LogP contribution in [0.3, 0.4) is 0 Å². The zero-order valence-corrected chi connectivity index (χ0v) is 13.1. The SMILES string of the molecule is CSc1cc2c(cc1CNC1(C)CCCC1)OCCO2. The van der Waals surface area contributed by atoms with Crippen molar-refractivity contribution in [1.82, 2.24) is 5.32 Å². The van der Waals surface area contributed by atoms with Gasteiger partial charge in [-0.1, -0.05) is 12.8 Å². The third kappa shape index (κ3) is 2.91. The summed E-state index contributed by atoms with van der Waals surface area (Å²) in [4.78, 5) is 1.28. The van der Waals surface area contributed by atoms with Crippen molar-refractivity contribution in [3.8, 4) is 11.5 Å². The van der Waals surface area contributed by atoms with Gasteiger partial charge in [-0.05, 0) is 43.7 Å². The van der Waals surface area contributed by atoms with Crippen LogP contribution in [0.15, 0.2) is 17.0 Å². The van der Waals surface area contributed by atoms with Crippen LogP contribution in [0, 0.1) is 0 Å². The van der Waals surface area contributed by atoms with E-state index in [1.54, 1.807) is 11.8 Å². The summed E-state index contributed by atoms with van der Waals surface area (Å²) in [6.07, 6.45) is 7.38. The van der Waals surface area contributed by atoms with Crippen molar-refractivity contribution in [3.63, 3.8) is 0 Å². The van der Waals surface area contributed by atoms with Gasteiger partial charge in [0.25, 0.3) is 0 Å². The second kappa shape index (κ2) is 5.86. The highest BCUT2D eigenvalue weighted by Crippen LogP contribution is 2.37. The summed E-state index contributed by atoms with van der Waals surface area (Å²) in [6, 6.07) is 4.26. The fraction of sp³-hybridized carbons (Fsp3) is 0.625. The largest absolute Gasteiger partial charge is 0.486 e. The molecule has 2 aliphatic rings. The number of ether oxygens (including phenoxy) is 2. The minimum absolute atomic E-state index is 0.308. The molecule has 1 N–H and O–H groups in total. The fourth-order valence-electron chi connectivity index (χ4n) is 3.08. The van der Waals surface area contributed by atoms with Crippen molar-refractivity contribution >= 4 is 11.8 Å². The number of hydrogen-bond donors (Lipinski definition) is 1. The van der Waals surface area contributed by atoms with Gasteiger partial charge in [-0.3, -0.25) is 0 Å². The summed E-state index contributed by atoms with van der Waals surface area (Å²) in [7, 11) is 0. The lowest BCUT2D eigenvalue weighted by molar-refractivity contribution is 0.170. The monoisotopic (exact) mass is 293 g/mol. The maximum Gasteiger partial charge on any atom is 0.162 e. The van der Waals surface area contributed by atoms with E-state index in [1.165, 1.54) is 36.1 Å². The average molecular weight is 293 g/mol. The lowest BCUT2D eigenvalue weighted by Gasteiger charge is -2.27. The fourth-order valence-corrected chi connectivity index (χ4v) is 3.70. The highest BCUT2D eigenvalue weighted by molar-refractivity contribution is 7.98. The standard InChI is InChI=1S/C16H23NO2S/c1-16(5-3-4-6-16)17-11-12-9-13-14(10-15(12)20-2)19-8-7-18-13/h9-10,17H,3-8,11H2,1-2H3. The summed E-state index contributed by atoms with van der Waals surface area (Å²) < 4.78 is 11.4. The minimum Gasteiger partial charge on any atom is -0.486 e. The molecule has 1 aromatic rings. The van der Waals surface area contributed by atoms with Gasteiger partial charge in [-0.15, -0.1) is 11.8 Å². The molecule has 1 aliphatic heterocycles. The number of rotatable bonds is 4. The Kier molecular flexibility index (Phi) is 4.13. The van der Waals surface area contributed by atoms with Gasteiger partial charge in [-0.2, -0.15) is 0 Å². The number of nitrogens with one attached hydrogen (secondary N) is 1. The quantitative estimate of drug-likeness (QED) is 0.859. The number of thioether (sulfide) groups is 1. The van der Waals surface area contributed by atoms with Crippen molar-refractivity contribution in [2.45, 2.75) is 49.6 Å². The lowest BCUT2D eigenvalue weighted by Crippen LogP contribution is -2.38. The second-order valence-electron chi connectivity index (χ2n) is 5.93. The van der Waals surface area contributed by atoms with E-state index in [0.29, 0.717) is 18.8 Å². The second-order valence-corrected chi connectivity index (χ2v) is 6.78. The maximum atomic E-state index is 5.70. The van der Waals surface area contributed by atoms with E-state index in [2.05, 4.69) is 30.6 Å². The summed E-state index contributed by atoms with van der Waals surface area (Å²) in [6.45, 7) is 4.55. The minimum atomic E-state index is 0.308. The molecule has 1 saturated carbocycles. The van der Waals surface area contributed by atoms with Gasteiger partial charge in [0, 0.05) is 17.0 Å². The molecule has 1 heterocycles. The van der Waals surface area contributed by atoms with Gasteiger partial charge in [-0.25, -0.2) is 0 Å². The molecule has 0 saturated heterocycles. The molecule has 110 valence electrons. The third-order valence-electron chi connectivity index (χ3n) is 4.36. The molecule has 0 aromatic heterocycles. The number of fused-ring (bicyclic) bond motifs is 1. The summed E-state index contributed by atoms with van der Waals surface area (Å²) >= 11 is 1.77. The molecule has 20 heavy (non-hydrogen) atoms. The Bertz CT molecular complexity index is 484. The molecule has 3 nitrogen and oxygen atoms in total. The molecule has 0 atom stereocenters. The van der Waals surface area contributed by atoms with E-state index in [9.17, 15) is 0 Å². The Labute approximate surface area is 125 Å². The first-order valence-electron chi connectivity index (χ1n) is 7.42. The van der Waals surface area contributed by atoms with Crippen molar-refractivity contribution in [1.29, 1.82) is 0 Å². The van der Waals surface area contributed by atoms with Crippen LogP contribution >= 0.6 is 11.8 Å². The van der Waals surface area contributed by atoms with Gasteiger partial charge in [0.1, 0.15) is 13.2 Å². The van der Waals surface area contributed by atoms with Crippen molar-refractivity contribution in [2.24, 2.45) is 0 Å². The molecule has 1 aliphatic carbocycles. The highest BCUT2D eigenvalue weighted by atomic mass is 32.2. The van der Waals surface area contributed by atoms with Gasteiger partial charge < -0.3 is 14.8 Å². The Morgan fingerprint density at radius 3 is 2.45 bits per heavy atom. The molecule has 0 unspecified atom stereocenters. The van der Waals surface area contributed by atoms with E-state index in [4.69, 9.17) is 9.47 Å². The molecule has 0 amide bonds. The first-order chi connectivity index (χ1) is 9.70. The van der Waals surface area contributed by atoms with Crippen LogP contribution in [0.25, 0.3) is 0 Å². The molecular weight excluding hydrogens is 270 g/mol. The van der Waals surface area contributed by atoms with Crippen molar-refractivity contribution in [3.05, 3.63) is 17.7 Å². The zero-order valence-electron chi connectivity index (χ0n) is 12.3. The van der Waals surface area contributed by atoms with Gasteiger partial charge in [0.15, 0.2) is 11.5 Å². The van der Waals surface area contributed by atoms with Gasteiger partial charge >= 0.3 is 0 Å². The van der Waals surface area contributed by atoms with Crippen molar-refractivity contribution < 1.29 is 9.47 Å². The molecule has 0 spiro atoms. The molecule has 1 fully saturated rings. The van der Waals surface area contributed by atoms with Crippen LogP contribution in [-0.2, 0) is 6.54 Å². The number of hydrogen-bond acceptors (Lipinski definition) is 4. The smallest absolute Gasteiger partial charge is 0.162 e. The van der Waals surface area contributed by atoms with Crippen LogP contribution in [0.4, 0.5) is 0 Å². The molecule has 1 aromatic carbocycles. The lowest BCUT2D eigenvalue weighted by atomic mass is 10.0. The van der Waals surface area contributed by atoms with Crippen LogP contribution in [0.1, 0.15) is 38.2 Å². The van der Waals surface area contributed by atoms with Crippen LogP contribution in [0.2, 0.25) is 0 Å². The van der Waals surface area contributed by atoms with Crippen LogP contribution < -0.4 is 14.8 Å².